The van der Waals surface area contributed by atoms with Gasteiger partial charge in [-0.2, -0.15) is 0 Å². The Labute approximate surface area is 161 Å². The smallest absolute Gasteiger partial charge is 0.242 e. The molecule has 6 nitrogen and oxygen atoms in total. The number of hydrogen-bond donors (Lipinski definition) is 0. The zero-order chi connectivity index (χ0) is 19.3. The van der Waals surface area contributed by atoms with Gasteiger partial charge in [-0.15, -0.1) is 0 Å². The Balaban J connectivity index is 1.54. The van der Waals surface area contributed by atoms with E-state index in [1.807, 2.05) is 42.5 Å². The SMILES string of the molecule is CS(=O)(=O)c1cncc(-c2ccc3nc(C4=Nc5ccccc5C4)oc3c2)c1. The highest BCUT2D eigenvalue weighted by Crippen LogP contribution is 2.30. The Bertz CT molecular complexity index is 1370. The molecule has 138 valence electrons. The Morgan fingerprint density at radius 2 is 1.86 bits per heavy atom. The predicted molar refractivity (Wildman–Crippen MR) is 107 cm³/mol. The third-order valence-corrected chi connectivity index (χ3v) is 5.79. The van der Waals surface area contributed by atoms with Crippen LogP contribution in [0, 0.1) is 0 Å². The van der Waals surface area contributed by atoms with Gasteiger partial charge < -0.3 is 4.42 Å². The standard InChI is InChI=1S/C21H15N3O3S/c1-28(25,26)16-8-15(11-22-12-16)13-6-7-18-20(10-13)27-21(24-18)19-9-14-4-2-3-5-17(14)23-19/h2-8,10-12H,9H2,1H3. The number of rotatable bonds is 3. The Kier molecular flexibility index (Phi) is 3.67. The van der Waals surface area contributed by atoms with Crippen molar-refractivity contribution in [3.05, 3.63) is 72.4 Å². The maximum absolute atomic E-state index is 11.8. The monoisotopic (exact) mass is 389 g/mol. The zero-order valence-corrected chi connectivity index (χ0v) is 15.8. The molecule has 4 aromatic rings. The summed E-state index contributed by atoms with van der Waals surface area (Å²) in [6, 6.07) is 15.2. The molecule has 0 bridgehead atoms. The maximum atomic E-state index is 11.8. The van der Waals surface area contributed by atoms with Crippen LogP contribution in [-0.2, 0) is 16.3 Å². The van der Waals surface area contributed by atoms with Crippen LogP contribution in [0.4, 0.5) is 5.69 Å². The van der Waals surface area contributed by atoms with Crippen LogP contribution in [0.3, 0.4) is 0 Å². The first-order chi connectivity index (χ1) is 13.5. The number of oxazole rings is 1. The summed E-state index contributed by atoms with van der Waals surface area (Å²) in [6.45, 7) is 0. The maximum Gasteiger partial charge on any atom is 0.242 e. The van der Waals surface area contributed by atoms with E-state index in [0.29, 0.717) is 23.5 Å². The van der Waals surface area contributed by atoms with E-state index >= 15 is 0 Å². The zero-order valence-electron chi connectivity index (χ0n) is 15.0. The molecule has 1 aliphatic rings. The van der Waals surface area contributed by atoms with Gasteiger partial charge in [0.25, 0.3) is 0 Å². The van der Waals surface area contributed by atoms with Crippen LogP contribution < -0.4 is 0 Å². The number of nitrogens with zero attached hydrogens (tertiary/aromatic N) is 3. The van der Waals surface area contributed by atoms with Crippen LogP contribution in [0.1, 0.15) is 11.5 Å². The molecule has 0 aliphatic carbocycles. The summed E-state index contributed by atoms with van der Waals surface area (Å²) in [4.78, 5) is 13.4. The molecule has 0 amide bonds. The molecule has 5 rings (SSSR count). The number of para-hydroxylation sites is 1. The summed E-state index contributed by atoms with van der Waals surface area (Å²) < 4.78 is 29.5. The van der Waals surface area contributed by atoms with E-state index in [1.54, 1.807) is 12.3 Å². The van der Waals surface area contributed by atoms with Crippen LogP contribution in [0.2, 0.25) is 0 Å². The van der Waals surface area contributed by atoms with E-state index in [1.165, 1.54) is 12.5 Å². The molecule has 0 spiro atoms. The quantitative estimate of drug-likeness (QED) is 0.529. The van der Waals surface area contributed by atoms with Crippen molar-refractivity contribution < 1.29 is 12.8 Å². The number of fused-ring (bicyclic) bond motifs is 2. The third kappa shape index (κ3) is 2.90. The van der Waals surface area contributed by atoms with Crippen molar-refractivity contribution in [2.24, 2.45) is 4.99 Å². The number of aliphatic imine (C=N–C) groups is 1. The van der Waals surface area contributed by atoms with E-state index < -0.39 is 9.84 Å². The molecule has 2 aromatic heterocycles. The van der Waals surface area contributed by atoms with Gasteiger partial charge in [0.1, 0.15) is 11.2 Å². The van der Waals surface area contributed by atoms with Crippen LogP contribution >= 0.6 is 0 Å². The van der Waals surface area contributed by atoms with Crippen molar-refractivity contribution in [2.75, 3.05) is 6.26 Å². The second-order valence-corrected chi connectivity index (χ2v) is 8.76. The van der Waals surface area contributed by atoms with E-state index in [-0.39, 0.29) is 4.90 Å². The lowest BCUT2D eigenvalue weighted by molar-refractivity contribution is 0.589. The average Bonchev–Trinajstić information content (AvgIpc) is 3.30. The summed E-state index contributed by atoms with van der Waals surface area (Å²) in [6.07, 6.45) is 4.83. The van der Waals surface area contributed by atoms with Crippen molar-refractivity contribution in [1.29, 1.82) is 0 Å². The Hall–Kier alpha value is -3.32. The molecule has 0 saturated carbocycles. The molecule has 0 atom stereocenters. The lowest BCUT2D eigenvalue weighted by Crippen LogP contribution is -2.00. The average molecular weight is 389 g/mol. The summed E-state index contributed by atoms with van der Waals surface area (Å²) in [5.41, 5.74) is 5.77. The van der Waals surface area contributed by atoms with E-state index in [9.17, 15) is 8.42 Å². The van der Waals surface area contributed by atoms with Gasteiger partial charge in [-0.1, -0.05) is 24.3 Å². The minimum Gasteiger partial charge on any atom is -0.435 e. The molecule has 3 heterocycles. The highest BCUT2D eigenvalue weighted by Gasteiger charge is 2.20. The summed E-state index contributed by atoms with van der Waals surface area (Å²) in [7, 11) is -3.32. The fourth-order valence-corrected chi connectivity index (χ4v) is 3.86. The molecular formula is C21H15N3O3S. The van der Waals surface area contributed by atoms with Crippen LogP contribution in [0.25, 0.3) is 22.2 Å². The van der Waals surface area contributed by atoms with Crippen molar-refractivity contribution in [3.8, 4) is 11.1 Å². The third-order valence-electron chi connectivity index (χ3n) is 4.71. The molecule has 0 unspecified atom stereocenters. The number of pyridine rings is 1. The second kappa shape index (κ2) is 6.10. The number of benzene rings is 2. The van der Waals surface area contributed by atoms with Crippen molar-refractivity contribution >= 4 is 32.3 Å². The van der Waals surface area contributed by atoms with E-state index in [2.05, 4.69) is 15.0 Å². The number of hydrogen-bond acceptors (Lipinski definition) is 6. The Morgan fingerprint density at radius 1 is 1.00 bits per heavy atom. The topological polar surface area (TPSA) is 85.4 Å². The van der Waals surface area contributed by atoms with Crippen molar-refractivity contribution in [2.45, 2.75) is 11.3 Å². The predicted octanol–water partition coefficient (Wildman–Crippen LogP) is 3.97. The number of aromatic nitrogens is 2. The summed E-state index contributed by atoms with van der Waals surface area (Å²) in [5, 5.41) is 0. The van der Waals surface area contributed by atoms with Crippen LogP contribution in [-0.4, -0.2) is 30.4 Å². The highest BCUT2D eigenvalue weighted by molar-refractivity contribution is 7.90. The molecule has 0 radical (unpaired) electrons. The number of sulfone groups is 1. The largest absolute Gasteiger partial charge is 0.435 e. The van der Waals surface area contributed by atoms with Gasteiger partial charge in [0.15, 0.2) is 15.4 Å². The van der Waals surface area contributed by atoms with Gasteiger partial charge >= 0.3 is 0 Å². The fraction of sp³-hybridized carbons (Fsp3) is 0.0952. The lowest BCUT2D eigenvalue weighted by atomic mass is 10.1. The highest BCUT2D eigenvalue weighted by atomic mass is 32.2. The summed E-state index contributed by atoms with van der Waals surface area (Å²) in [5.74, 6) is 0.506. The Morgan fingerprint density at radius 3 is 2.68 bits per heavy atom. The van der Waals surface area contributed by atoms with E-state index in [0.717, 1.165) is 28.0 Å². The second-order valence-electron chi connectivity index (χ2n) is 6.75. The first kappa shape index (κ1) is 16.8. The minimum absolute atomic E-state index is 0.182. The fourth-order valence-electron chi connectivity index (χ4n) is 3.27. The van der Waals surface area contributed by atoms with Gasteiger partial charge in [0.2, 0.25) is 5.89 Å². The van der Waals surface area contributed by atoms with Gasteiger partial charge in [-0.3, -0.25) is 4.98 Å². The van der Waals surface area contributed by atoms with E-state index in [4.69, 9.17) is 4.42 Å². The molecule has 2 aromatic carbocycles. The minimum atomic E-state index is -3.32. The van der Waals surface area contributed by atoms with Crippen molar-refractivity contribution in [3.63, 3.8) is 0 Å². The van der Waals surface area contributed by atoms with Crippen molar-refractivity contribution in [1.82, 2.24) is 9.97 Å². The van der Waals surface area contributed by atoms with Gasteiger partial charge in [0.05, 0.1) is 10.6 Å². The molecule has 0 saturated heterocycles. The molecule has 28 heavy (non-hydrogen) atoms. The molecule has 1 aliphatic heterocycles. The first-order valence-electron chi connectivity index (χ1n) is 8.69. The van der Waals surface area contributed by atoms with Crippen LogP contribution in [0.15, 0.2) is 75.2 Å². The van der Waals surface area contributed by atoms with Crippen LogP contribution in [0.5, 0.6) is 0 Å². The van der Waals surface area contributed by atoms with Gasteiger partial charge in [-0.05, 0) is 35.4 Å². The normalized spacial score (nSPS) is 13.5. The summed E-state index contributed by atoms with van der Waals surface area (Å²) >= 11 is 0. The molecule has 0 N–H and O–H groups in total. The first-order valence-corrected chi connectivity index (χ1v) is 10.6. The molecule has 0 fully saturated rings. The van der Waals surface area contributed by atoms with Gasteiger partial charge in [-0.25, -0.2) is 18.4 Å². The molecule has 7 heteroatoms. The van der Waals surface area contributed by atoms with Gasteiger partial charge in [0, 0.05) is 30.6 Å². The molecular weight excluding hydrogens is 374 g/mol. The lowest BCUT2D eigenvalue weighted by Gasteiger charge is -2.03.